The normalized spacial score (nSPS) is 11.5. The highest BCUT2D eigenvalue weighted by molar-refractivity contribution is 5.81. The molecule has 0 aliphatic rings. The number of carbonyl (C=O) groups excluding carboxylic acids is 1. The minimum absolute atomic E-state index is 0.220. The molecule has 1 atom stereocenters. The van der Waals surface area contributed by atoms with E-state index in [1.54, 1.807) is 12.1 Å². The van der Waals surface area contributed by atoms with Crippen LogP contribution in [0.5, 0.6) is 5.75 Å². The van der Waals surface area contributed by atoms with Crippen LogP contribution in [0.1, 0.15) is 46.0 Å². The number of nitrogens with one attached hydrogen (secondary N) is 1. The van der Waals surface area contributed by atoms with Gasteiger partial charge in [0.2, 0.25) is 0 Å². The van der Waals surface area contributed by atoms with Gasteiger partial charge >= 0.3 is 18.0 Å². The molecule has 0 aliphatic heterocycles. The van der Waals surface area contributed by atoms with Crippen LogP contribution in [0.3, 0.4) is 0 Å². The summed E-state index contributed by atoms with van der Waals surface area (Å²) in [5, 5.41) is 19.9. The number of unbranched alkanes of at least 4 members (excludes halogenated alkanes) is 1. The summed E-state index contributed by atoms with van der Waals surface area (Å²) in [4.78, 5) is 35.8. The molecule has 0 spiro atoms. The summed E-state index contributed by atoms with van der Waals surface area (Å²) < 4.78 is 5.10. The van der Waals surface area contributed by atoms with Crippen LogP contribution in [0.15, 0.2) is 24.3 Å². The Hall–Kier alpha value is -2.77. The lowest BCUT2D eigenvalue weighted by atomic mass is 10.1. The number of carbonyl (C=O) groups is 3. The lowest BCUT2D eigenvalue weighted by Gasteiger charge is -2.24. The lowest BCUT2D eigenvalue weighted by Crippen LogP contribution is -2.42. The standard InChI is InChI=1S/C19H28N2O6/c1-3-5-13-21(12-4-2)14-6-8-15(9-7-14)27-19(26)20-16(18(24)25)10-11-17(22)23/h6-9,16H,3-5,10-13H2,1-2H3,(H,20,26)(H,22,23)(H,24,25). The Morgan fingerprint density at radius 3 is 2.26 bits per heavy atom. The molecule has 0 bridgehead atoms. The van der Waals surface area contributed by atoms with E-state index in [1.165, 1.54) is 0 Å². The first-order chi connectivity index (χ1) is 12.9. The van der Waals surface area contributed by atoms with E-state index in [-0.39, 0.29) is 18.6 Å². The molecule has 1 rings (SSSR count). The van der Waals surface area contributed by atoms with E-state index >= 15 is 0 Å². The number of anilines is 1. The van der Waals surface area contributed by atoms with E-state index in [2.05, 4.69) is 24.1 Å². The van der Waals surface area contributed by atoms with Crippen molar-refractivity contribution >= 4 is 23.7 Å². The number of benzene rings is 1. The summed E-state index contributed by atoms with van der Waals surface area (Å²) in [6.07, 6.45) is 1.70. The third-order valence-corrected chi connectivity index (χ3v) is 3.92. The van der Waals surface area contributed by atoms with E-state index < -0.39 is 24.1 Å². The Kier molecular flexibility index (Phi) is 9.71. The smallest absolute Gasteiger partial charge is 0.413 e. The largest absolute Gasteiger partial charge is 0.481 e. The van der Waals surface area contributed by atoms with Crippen molar-refractivity contribution in [3.05, 3.63) is 24.3 Å². The van der Waals surface area contributed by atoms with Crippen LogP contribution < -0.4 is 15.0 Å². The zero-order valence-corrected chi connectivity index (χ0v) is 15.8. The van der Waals surface area contributed by atoms with Gasteiger partial charge in [-0.3, -0.25) is 4.79 Å². The van der Waals surface area contributed by atoms with Gasteiger partial charge in [-0.05, 0) is 43.5 Å². The number of ether oxygens (including phenoxy) is 1. The second kappa shape index (κ2) is 11.8. The monoisotopic (exact) mass is 380 g/mol. The van der Waals surface area contributed by atoms with Gasteiger partial charge in [0.25, 0.3) is 0 Å². The van der Waals surface area contributed by atoms with E-state index in [0.717, 1.165) is 38.0 Å². The Morgan fingerprint density at radius 2 is 1.74 bits per heavy atom. The first-order valence-electron chi connectivity index (χ1n) is 9.15. The zero-order valence-electron chi connectivity index (χ0n) is 15.8. The predicted molar refractivity (Wildman–Crippen MR) is 101 cm³/mol. The molecular formula is C19H28N2O6. The van der Waals surface area contributed by atoms with E-state index in [4.69, 9.17) is 14.9 Å². The summed E-state index contributed by atoms with van der Waals surface area (Å²) in [7, 11) is 0. The molecule has 1 aromatic rings. The molecule has 27 heavy (non-hydrogen) atoms. The van der Waals surface area contributed by atoms with Gasteiger partial charge in [-0.15, -0.1) is 0 Å². The molecule has 1 aromatic carbocycles. The molecule has 0 saturated heterocycles. The second-order valence-corrected chi connectivity index (χ2v) is 6.19. The van der Waals surface area contributed by atoms with Crippen molar-refractivity contribution in [2.24, 2.45) is 0 Å². The minimum atomic E-state index is -1.32. The second-order valence-electron chi connectivity index (χ2n) is 6.19. The molecule has 0 radical (unpaired) electrons. The van der Waals surface area contributed by atoms with Gasteiger partial charge in [-0.2, -0.15) is 0 Å². The van der Waals surface area contributed by atoms with Crippen molar-refractivity contribution in [1.29, 1.82) is 0 Å². The topological polar surface area (TPSA) is 116 Å². The zero-order chi connectivity index (χ0) is 20.2. The van der Waals surface area contributed by atoms with E-state index in [9.17, 15) is 14.4 Å². The third kappa shape index (κ3) is 8.44. The van der Waals surface area contributed by atoms with Crippen molar-refractivity contribution in [3.8, 4) is 5.75 Å². The predicted octanol–water partition coefficient (Wildman–Crippen LogP) is 3.11. The van der Waals surface area contributed by atoms with Crippen molar-refractivity contribution in [3.63, 3.8) is 0 Å². The first-order valence-corrected chi connectivity index (χ1v) is 9.15. The maximum Gasteiger partial charge on any atom is 0.413 e. The van der Waals surface area contributed by atoms with E-state index in [1.807, 2.05) is 12.1 Å². The number of amides is 1. The van der Waals surface area contributed by atoms with Crippen LogP contribution >= 0.6 is 0 Å². The molecule has 0 aromatic heterocycles. The fourth-order valence-electron chi connectivity index (χ4n) is 2.52. The van der Waals surface area contributed by atoms with Gasteiger partial charge in [0, 0.05) is 25.2 Å². The number of hydrogen-bond donors (Lipinski definition) is 3. The summed E-state index contributed by atoms with van der Waals surface area (Å²) in [5.41, 5.74) is 1.03. The molecule has 0 fully saturated rings. The Morgan fingerprint density at radius 1 is 1.07 bits per heavy atom. The average molecular weight is 380 g/mol. The molecule has 0 saturated carbocycles. The molecule has 0 heterocycles. The fraction of sp³-hybridized carbons (Fsp3) is 0.526. The van der Waals surface area contributed by atoms with Gasteiger partial charge < -0.3 is 25.2 Å². The van der Waals surface area contributed by atoms with Crippen LogP contribution in [0.2, 0.25) is 0 Å². The van der Waals surface area contributed by atoms with Gasteiger partial charge in [-0.1, -0.05) is 20.3 Å². The number of nitrogens with zero attached hydrogens (tertiary/aromatic N) is 1. The summed E-state index contributed by atoms with van der Waals surface area (Å²) in [6, 6.07) is 5.69. The highest BCUT2D eigenvalue weighted by Crippen LogP contribution is 2.20. The van der Waals surface area contributed by atoms with Gasteiger partial charge in [0.1, 0.15) is 11.8 Å². The van der Waals surface area contributed by atoms with Crippen LogP contribution in [-0.4, -0.2) is 47.4 Å². The number of carboxylic acids is 2. The maximum absolute atomic E-state index is 11.9. The van der Waals surface area contributed by atoms with Gasteiger partial charge in [0.15, 0.2) is 0 Å². The number of rotatable bonds is 12. The molecular weight excluding hydrogens is 352 g/mol. The number of aliphatic carboxylic acids is 2. The lowest BCUT2D eigenvalue weighted by molar-refractivity contribution is -0.140. The maximum atomic E-state index is 11.9. The molecule has 150 valence electrons. The average Bonchev–Trinajstić information content (AvgIpc) is 2.62. The highest BCUT2D eigenvalue weighted by Gasteiger charge is 2.22. The van der Waals surface area contributed by atoms with Crippen molar-refractivity contribution < 1.29 is 29.3 Å². The Labute approximate surface area is 159 Å². The van der Waals surface area contributed by atoms with Crippen LogP contribution in [0, 0.1) is 0 Å². The molecule has 8 heteroatoms. The Balaban J connectivity index is 2.65. The summed E-state index contributed by atoms with van der Waals surface area (Å²) in [6.45, 7) is 6.14. The summed E-state index contributed by atoms with van der Waals surface area (Å²) in [5.74, 6) is -2.16. The number of hydrogen-bond acceptors (Lipinski definition) is 5. The molecule has 3 N–H and O–H groups in total. The summed E-state index contributed by atoms with van der Waals surface area (Å²) >= 11 is 0. The van der Waals surface area contributed by atoms with E-state index in [0.29, 0.717) is 0 Å². The quantitative estimate of drug-likeness (QED) is 0.510. The first kappa shape index (κ1) is 22.3. The molecule has 0 aliphatic carbocycles. The van der Waals surface area contributed by atoms with Crippen LogP contribution in [0.4, 0.5) is 10.5 Å². The van der Waals surface area contributed by atoms with Crippen molar-refractivity contribution in [2.75, 3.05) is 18.0 Å². The van der Waals surface area contributed by atoms with Gasteiger partial charge in [0.05, 0.1) is 0 Å². The SMILES string of the molecule is CCCCN(CCC)c1ccc(OC(=O)NC(CCC(=O)O)C(=O)O)cc1. The third-order valence-electron chi connectivity index (χ3n) is 3.92. The molecule has 8 nitrogen and oxygen atoms in total. The fourth-order valence-corrected chi connectivity index (χ4v) is 2.52. The number of carboxylic acid groups (broad SMARTS) is 2. The van der Waals surface area contributed by atoms with Gasteiger partial charge in [-0.25, -0.2) is 9.59 Å². The van der Waals surface area contributed by atoms with Crippen molar-refractivity contribution in [1.82, 2.24) is 5.32 Å². The Bertz CT molecular complexity index is 617. The molecule has 1 amide bonds. The minimum Gasteiger partial charge on any atom is -0.481 e. The highest BCUT2D eigenvalue weighted by atomic mass is 16.6. The van der Waals surface area contributed by atoms with Crippen LogP contribution in [-0.2, 0) is 9.59 Å². The molecule has 1 unspecified atom stereocenters. The van der Waals surface area contributed by atoms with Crippen LogP contribution in [0.25, 0.3) is 0 Å². The van der Waals surface area contributed by atoms with Crippen molar-refractivity contribution in [2.45, 2.75) is 52.0 Å².